The molecule has 0 radical (unpaired) electrons. The highest BCUT2D eigenvalue weighted by Crippen LogP contribution is 2.23. The summed E-state index contributed by atoms with van der Waals surface area (Å²) in [4.78, 5) is 12.8. The summed E-state index contributed by atoms with van der Waals surface area (Å²) in [6, 6.07) is 4.99. The van der Waals surface area contributed by atoms with Crippen LogP contribution in [0.4, 0.5) is 0 Å². The van der Waals surface area contributed by atoms with E-state index >= 15 is 0 Å². The second-order valence-corrected chi connectivity index (χ2v) is 9.00. The lowest BCUT2D eigenvalue weighted by Crippen LogP contribution is -2.41. The number of sulfonamides is 1. The molecular formula is C19H30ClN3O4S. The summed E-state index contributed by atoms with van der Waals surface area (Å²) in [5.74, 6) is 0.382. The number of rotatable bonds is 7. The van der Waals surface area contributed by atoms with Gasteiger partial charge in [-0.1, -0.05) is 13.0 Å². The third kappa shape index (κ3) is 5.45. The van der Waals surface area contributed by atoms with Crippen LogP contribution < -0.4 is 10.6 Å². The van der Waals surface area contributed by atoms with Crippen molar-refractivity contribution in [3.8, 4) is 0 Å². The number of hydrogen-bond acceptors (Lipinski definition) is 5. The fraction of sp³-hybridized carbons (Fsp3) is 0.632. The molecule has 1 amide bonds. The maximum atomic E-state index is 13.1. The van der Waals surface area contributed by atoms with Crippen molar-refractivity contribution < 1.29 is 17.9 Å². The highest BCUT2D eigenvalue weighted by atomic mass is 35.5. The van der Waals surface area contributed by atoms with Gasteiger partial charge in [0.15, 0.2) is 0 Å². The molecule has 0 aliphatic carbocycles. The number of morpholine rings is 1. The highest BCUT2D eigenvalue weighted by Gasteiger charge is 2.29. The van der Waals surface area contributed by atoms with Gasteiger partial charge in [-0.05, 0) is 56.0 Å². The lowest BCUT2D eigenvalue weighted by atomic mass is 10.1. The summed E-state index contributed by atoms with van der Waals surface area (Å²) < 4.78 is 32.8. The van der Waals surface area contributed by atoms with Crippen LogP contribution >= 0.6 is 12.4 Å². The van der Waals surface area contributed by atoms with Gasteiger partial charge in [0.05, 0.1) is 18.1 Å². The smallest absolute Gasteiger partial charge is 0.251 e. The standard InChI is InChI=1S/C19H29N3O4S.ClH/c1-2-16-3-4-17(19(23)21-8-6-15-5-7-20-14-15)13-18(16)27(24,25)22-9-11-26-12-10-22;/h3-4,13,15,20H,2,5-12,14H2,1H3,(H,21,23);1H. The third-order valence-electron chi connectivity index (χ3n) is 5.30. The predicted molar refractivity (Wildman–Crippen MR) is 111 cm³/mol. The van der Waals surface area contributed by atoms with Crippen molar-refractivity contribution in [2.75, 3.05) is 45.9 Å². The SMILES string of the molecule is CCc1ccc(C(=O)NCCC2CCNC2)cc1S(=O)(=O)N1CCOCC1.Cl. The largest absolute Gasteiger partial charge is 0.379 e. The van der Waals surface area contributed by atoms with E-state index in [1.807, 2.05) is 6.92 Å². The number of aryl methyl sites for hydroxylation is 1. The number of ether oxygens (including phenoxy) is 1. The minimum absolute atomic E-state index is 0. The molecule has 9 heteroatoms. The highest BCUT2D eigenvalue weighted by molar-refractivity contribution is 7.89. The first kappa shape index (κ1) is 23.1. The topological polar surface area (TPSA) is 87.7 Å². The molecule has 1 aromatic carbocycles. The van der Waals surface area contributed by atoms with Crippen LogP contribution in [0.1, 0.15) is 35.7 Å². The summed E-state index contributed by atoms with van der Waals surface area (Å²) in [5.41, 5.74) is 1.12. The Hall–Kier alpha value is -1.19. The Morgan fingerprint density at radius 2 is 2.07 bits per heavy atom. The molecule has 1 atom stereocenters. The fourth-order valence-electron chi connectivity index (χ4n) is 3.61. The molecule has 1 aromatic rings. The molecule has 2 fully saturated rings. The Morgan fingerprint density at radius 3 is 2.71 bits per heavy atom. The van der Waals surface area contributed by atoms with E-state index in [1.54, 1.807) is 12.1 Å². The van der Waals surface area contributed by atoms with Gasteiger partial charge in [-0.25, -0.2) is 8.42 Å². The number of amides is 1. The zero-order valence-corrected chi connectivity index (χ0v) is 17.9. The van der Waals surface area contributed by atoms with Gasteiger partial charge in [0.1, 0.15) is 0 Å². The first-order valence-electron chi connectivity index (χ1n) is 9.72. The molecule has 0 bridgehead atoms. The van der Waals surface area contributed by atoms with Crippen molar-refractivity contribution in [2.24, 2.45) is 5.92 Å². The van der Waals surface area contributed by atoms with Crippen LogP contribution in [0.2, 0.25) is 0 Å². The minimum atomic E-state index is -3.63. The molecule has 28 heavy (non-hydrogen) atoms. The number of nitrogens with one attached hydrogen (secondary N) is 2. The van der Waals surface area contributed by atoms with E-state index in [9.17, 15) is 13.2 Å². The molecule has 1 unspecified atom stereocenters. The van der Waals surface area contributed by atoms with Crippen molar-refractivity contribution in [2.45, 2.75) is 31.1 Å². The molecule has 0 saturated carbocycles. The second-order valence-electron chi connectivity index (χ2n) is 7.10. The normalized spacial score (nSPS) is 20.5. The van der Waals surface area contributed by atoms with Crippen LogP contribution in [0.15, 0.2) is 23.1 Å². The first-order valence-corrected chi connectivity index (χ1v) is 11.2. The molecule has 0 aromatic heterocycles. The molecular weight excluding hydrogens is 402 g/mol. The Labute approximate surface area is 173 Å². The van der Waals surface area contributed by atoms with Gasteiger partial charge in [0.2, 0.25) is 10.0 Å². The first-order chi connectivity index (χ1) is 13.0. The summed E-state index contributed by atoms with van der Waals surface area (Å²) >= 11 is 0. The second kappa shape index (κ2) is 10.5. The summed E-state index contributed by atoms with van der Waals surface area (Å²) in [6.07, 6.45) is 2.67. The molecule has 2 saturated heterocycles. The van der Waals surface area contributed by atoms with E-state index in [4.69, 9.17) is 4.74 Å². The lowest BCUT2D eigenvalue weighted by Gasteiger charge is -2.27. The van der Waals surface area contributed by atoms with Crippen LogP contribution in [0.25, 0.3) is 0 Å². The van der Waals surface area contributed by atoms with Gasteiger partial charge in [-0.15, -0.1) is 12.4 Å². The van der Waals surface area contributed by atoms with E-state index < -0.39 is 10.0 Å². The van der Waals surface area contributed by atoms with E-state index in [2.05, 4.69) is 10.6 Å². The Balaban J connectivity index is 0.00000280. The Bertz CT molecular complexity index is 760. The van der Waals surface area contributed by atoms with E-state index in [-0.39, 0.29) is 23.2 Å². The van der Waals surface area contributed by atoms with E-state index in [0.717, 1.165) is 31.5 Å². The summed E-state index contributed by atoms with van der Waals surface area (Å²) in [6.45, 7) is 6.06. The molecule has 158 valence electrons. The van der Waals surface area contributed by atoms with Crippen LogP contribution in [0.5, 0.6) is 0 Å². The van der Waals surface area contributed by atoms with Gasteiger partial charge in [-0.3, -0.25) is 4.79 Å². The number of benzene rings is 1. The minimum Gasteiger partial charge on any atom is -0.379 e. The maximum absolute atomic E-state index is 13.1. The van der Waals surface area contributed by atoms with Gasteiger partial charge in [-0.2, -0.15) is 4.31 Å². The van der Waals surface area contributed by atoms with Crippen molar-refractivity contribution in [1.29, 1.82) is 0 Å². The predicted octanol–water partition coefficient (Wildman–Crippen LogP) is 1.42. The van der Waals surface area contributed by atoms with Gasteiger partial charge in [0, 0.05) is 25.2 Å². The van der Waals surface area contributed by atoms with Gasteiger partial charge >= 0.3 is 0 Å². The molecule has 7 nitrogen and oxygen atoms in total. The molecule has 2 aliphatic heterocycles. The summed E-state index contributed by atoms with van der Waals surface area (Å²) in [7, 11) is -3.63. The average molecular weight is 432 g/mol. The van der Waals surface area contributed by atoms with Gasteiger partial charge < -0.3 is 15.4 Å². The molecule has 2 aliphatic rings. The maximum Gasteiger partial charge on any atom is 0.251 e. The number of carbonyl (C=O) groups is 1. The van der Waals surface area contributed by atoms with Crippen LogP contribution in [0, 0.1) is 5.92 Å². The Kier molecular flexibility index (Phi) is 8.70. The van der Waals surface area contributed by atoms with Crippen LogP contribution in [0.3, 0.4) is 0 Å². The number of nitrogens with zero attached hydrogens (tertiary/aromatic N) is 1. The van der Waals surface area contributed by atoms with Crippen LogP contribution in [-0.2, 0) is 21.2 Å². The third-order valence-corrected chi connectivity index (χ3v) is 7.28. The van der Waals surface area contributed by atoms with Crippen molar-refractivity contribution >= 4 is 28.3 Å². The Morgan fingerprint density at radius 1 is 1.32 bits per heavy atom. The van der Waals surface area contributed by atoms with Crippen molar-refractivity contribution in [3.63, 3.8) is 0 Å². The van der Waals surface area contributed by atoms with E-state index in [0.29, 0.717) is 50.8 Å². The molecule has 2 N–H and O–H groups in total. The average Bonchev–Trinajstić information content (AvgIpc) is 3.21. The zero-order valence-electron chi connectivity index (χ0n) is 16.3. The molecule has 3 rings (SSSR count). The number of halogens is 1. The summed E-state index contributed by atoms with van der Waals surface area (Å²) in [5, 5.41) is 6.24. The van der Waals surface area contributed by atoms with Crippen LogP contribution in [-0.4, -0.2) is 64.6 Å². The molecule has 2 heterocycles. The van der Waals surface area contributed by atoms with Crippen molar-refractivity contribution in [1.82, 2.24) is 14.9 Å². The zero-order chi connectivity index (χ0) is 19.3. The number of carbonyl (C=O) groups excluding carboxylic acids is 1. The van der Waals surface area contributed by atoms with Crippen molar-refractivity contribution in [3.05, 3.63) is 29.3 Å². The quantitative estimate of drug-likeness (QED) is 0.681. The molecule has 0 spiro atoms. The monoisotopic (exact) mass is 431 g/mol. The fourth-order valence-corrected chi connectivity index (χ4v) is 5.33. The number of hydrogen-bond donors (Lipinski definition) is 2. The lowest BCUT2D eigenvalue weighted by molar-refractivity contribution is 0.0730. The van der Waals surface area contributed by atoms with E-state index in [1.165, 1.54) is 10.4 Å². The van der Waals surface area contributed by atoms with Gasteiger partial charge in [0.25, 0.3) is 5.91 Å².